The Morgan fingerprint density at radius 1 is 0.592 bits per heavy atom. The zero-order valence-corrected chi connectivity index (χ0v) is 30.6. The van der Waals surface area contributed by atoms with Crippen molar-refractivity contribution in [1.29, 1.82) is 0 Å². The average Bonchev–Trinajstić information content (AvgIpc) is 3.47. The van der Waals surface area contributed by atoms with Gasteiger partial charge in [-0.1, -0.05) is 34.1 Å². The molecule has 49 heavy (non-hydrogen) atoms. The highest BCUT2D eigenvalue weighted by Gasteiger charge is 2.71. The maximum absolute atomic E-state index is 6.83. The number of likely N-dealkylation sites (tertiary alicyclic amines) is 1. The topological polar surface area (TPSA) is 95.5 Å². The zero-order valence-electron chi connectivity index (χ0n) is 30.6. The molecule has 11 fully saturated rings. The van der Waals surface area contributed by atoms with Crippen molar-refractivity contribution in [3.8, 4) is 0 Å². The molecule has 0 radical (unpaired) electrons. The minimum Gasteiger partial charge on any atom is -0.351 e. The molecule has 2 aliphatic carbocycles. The Balaban J connectivity index is 0.913. The molecular formula is C38H61NO10. The van der Waals surface area contributed by atoms with Crippen LogP contribution in [-0.4, -0.2) is 85.2 Å². The third-order valence-electron chi connectivity index (χ3n) is 15.0. The van der Waals surface area contributed by atoms with Gasteiger partial charge in [0.1, 0.15) is 0 Å². The van der Waals surface area contributed by atoms with E-state index >= 15 is 0 Å². The molecule has 11 heteroatoms. The largest absolute Gasteiger partial charge is 0.351 e. The van der Waals surface area contributed by atoms with Crippen LogP contribution in [0.5, 0.6) is 0 Å². The van der Waals surface area contributed by atoms with Gasteiger partial charge in [-0.2, -0.15) is 0 Å². The van der Waals surface area contributed by atoms with Crippen molar-refractivity contribution in [3.63, 3.8) is 0 Å². The van der Waals surface area contributed by atoms with E-state index in [1.807, 2.05) is 13.8 Å². The van der Waals surface area contributed by atoms with Crippen LogP contribution in [-0.2, 0) is 48.0 Å². The van der Waals surface area contributed by atoms with Gasteiger partial charge in [-0.15, -0.1) is 0 Å². The van der Waals surface area contributed by atoms with E-state index < -0.39 is 47.9 Å². The van der Waals surface area contributed by atoms with Crippen molar-refractivity contribution in [2.24, 2.45) is 47.3 Å². The van der Waals surface area contributed by atoms with E-state index in [2.05, 4.69) is 32.6 Å². The molecule has 0 aromatic heterocycles. The molecule has 4 bridgehead atoms. The third kappa shape index (κ3) is 5.37. The van der Waals surface area contributed by atoms with Crippen LogP contribution in [0.1, 0.15) is 112 Å². The van der Waals surface area contributed by atoms with Crippen LogP contribution in [0.15, 0.2) is 0 Å². The Hall–Kier alpha value is -0.440. The number of hydrogen-bond donors (Lipinski definition) is 0. The smallest absolute Gasteiger partial charge is 0.201 e. The fourth-order valence-electron chi connectivity index (χ4n) is 12.1. The first-order valence-electron chi connectivity index (χ1n) is 19.9. The lowest BCUT2D eigenvalue weighted by Crippen LogP contribution is -2.70. The Kier molecular flexibility index (Phi) is 8.81. The molecule has 0 N–H and O–H groups in total. The van der Waals surface area contributed by atoms with Gasteiger partial charge in [-0.3, -0.25) is 4.90 Å². The first-order chi connectivity index (χ1) is 23.6. The van der Waals surface area contributed by atoms with E-state index in [0.717, 1.165) is 51.6 Å². The van der Waals surface area contributed by atoms with Crippen molar-refractivity contribution >= 4 is 0 Å². The van der Waals surface area contributed by atoms with Crippen LogP contribution < -0.4 is 0 Å². The molecule has 9 heterocycles. The molecule has 9 aliphatic heterocycles. The maximum atomic E-state index is 6.83. The fourth-order valence-corrected chi connectivity index (χ4v) is 12.1. The van der Waals surface area contributed by atoms with E-state index in [1.54, 1.807) is 0 Å². The molecule has 2 saturated carbocycles. The van der Waals surface area contributed by atoms with Crippen molar-refractivity contribution < 1.29 is 48.0 Å². The Bertz CT molecular complexity index is 1140. The third-order valence-corrected chi connectivity index (χ3v) is 15.0. The molecule has 11 rings (SSSR count). The summed E-state index contributed by atoms with van der Waals surface area (Å²) in [5.74, 6) is 0.879. The van der Waals surface area contributed by atoms with Gasteiger partial charge < -0.3 is 28.4 Å². The van der Waals surface area contributed by atoms with Crippen molar-refractivity contribution in [2.45, 2.75) is 166 Å². The number of fused-ring (bicyclic) bond motifs is 4. The van der Waals surface area contributed by atoms with Crippen LogP contribution in [0.4, 0.5) is 0 Å². The average molecular weight is 692 g/mol. The minimum absolute atomic E-state index is 0.0733. The van der Waals surface area contributed by atoms with Gasteiger partial charge in [0.2, 0.25) is 11.6 Å². The van der Waals surface area contributed by atoms with E-state index in [1.165, 1.54) is 32.1 Å². The highest BCUT2D eigenvalue weighted by molar-refractivity contribution is 5.10. The Morgan fingerprint density at radius 3 is 1.53 bits per heavy atom. The van der Waals surface area contributed by atoms with Gasteiger partial charge >= 0.3 is 0 Å². The molecule has 0 aromatic rings. The summed E-state index contributed by atoms with van der Waals surface area (Å²) < 4.78 is 40.5. The zero-order chi connectivity index (χ0) is 33.8. The summed E-state index contributed by atoms with van der Waals surface area (Å²) in [6.45, 7) is 16.3. The lowest BCUT2D eigenvalue weighted by atomic mass is 9.58. The van der Waals surface area contributed by atoms with E-state index in [4.69, 9.17) is 48.0 Å². The highest BCUT2D eigenvalue weighted by atomic mass is 17.3. The first kappa shape index (κ1) is 34.3. The molecule has 2 unspecified atom stereocenters. The number of piperidine rings is 1. The van der Waals surface area contributed by atoms with E-state index in [0.29, 0.717) is 36.9 Å². The molecule has 2 spiro atoms. The number of rotatable bonds is 7. The standard InChI is InChI=1S/C38H61NO10/c1-22-10-12-29-24(3)31(42-33-37(29)27(22)14-16-35(5,44-33)46-48-37)40-20-26(39-18-8-7-9-19-39)21-41-32-25(4)30-13-11-23(2)28-15-17-36(6)45-34(43-32)38(28,30)49-47-36/h22-34H,7-21H2,1-6H3/t22-,23-,24-,25-,26?,27+,28+,29+,30+,31+,32+,33-,34?,35-,36-,37-,38-/m1/s1. The first-order valence-corrected chi connectivity index (χ1v) is 19.9. The Morgan fingerprint density at radius 2 is 1.06 bits per heavy atom. The van der Waals surface area contributed by atoms with E-state index in [-0.39, 0.29) is 29.7 Å². The maximum Gasteiger partial charge on any atom is 0.201 e. The van der Waals surface area contributed by atoms with Crippen LogP contribution >= 0.6 is 0 Å². The fraction of sp³-hybridized carbons (Fsp3) is 1.00. The van der Waals surface area contributed by atoms with Crippen LogP contribution in [0.2, 0.25) is 0 Å². The van der Waals surface area contributed by atoms with Crippen LogP contribution in [0.25, 0.3) is 0 Å². The SMILES string of the molecule is C[C@H]1[C@@H](OCC(CO[C@H]2O[C@@H]3O[C@@]4(C)CC[C@H]5[C@H](C)CC[C@@H]([C@H]2C)[C@@]35OO4)N2CCCCC2)OC2O[C@@]3(C)CC[C@H]4[C@H](C)CC[C@@H]1[C@@]24OO3. The molecule has 11 aliphatic rings. The molecule has 17 atom stereocenters. The number of nitrogens with zero attached hydrogens (tertiary/aromatic N) is 1. The van der Waals surface area contributed by atoms with E-state index in [9.17, 15) is 0 Å². The highest BCUT2D eigenvalue weighted by Crippen LogP contribution is 2.62. The predicted molar refractivity (Wildman–Crippen MR) is 175 cm³/mol. The summed E-state index contributed by atoms with van der Waals surface area (Å²) in [7, 11) is 0. The summed E-state index contributed by atoms with van der Waals surface area (Å²) in [6, 6.07) is 0.0733. The second kappa shape index (κ2) is 12.6. The summed E-state index contributed by atoms with van der Waals surface area (Å²) in [4.78, 5) is 27.4. The van der Waals surface area contributed by atoms with Gasteiger partial charge in [0.05, 0.1) is 19.3 Å². The molecule has 11 nitrogen and oxygen atoms in total. The normalized spacial score (nSPS) is 56.0. The predicted octanol–water partition coefficient (Wildman–Crippen LogP) is 6.29. The van der Waals surface area contributed by atoms with Gasteiger partial charge in [-0.05, 0) is 102 Å². The molecule has 9 saturated heterocycles. The number of hydrogen-bond acceptors (Lipinski definition) is 11. The van der Waals surface area contributed by atoms with Gasteiger partial charge in [0.15, 0.2) is 36.4 Å². The lowest BCUT2D eigenvalue weighted by Gasteiger charge is -2.60. The number of ether oxygens (including phenoxy) is 6. The summed E-state index contributed by atoms with van der Waals surface area (Å²) >= 11 is 0. The Labute approximate surface area is 292 Å². The monoisotopic (exact) mass is 691 g/mol. The summed E-state index contributed by atoms with van der Waals surface area (Å²) in [6.07, 6.45) is 9.94. The van der Waals surface area contributed by atoms with Crippen molar-refractivity contribution in [3.05, 3.63) is 0 Å². The van der Waals surface area contributed by atoms with Crippen LogP contribution in [0.3, 0.4) is 0 Å². The lowest BCUT2D eigenvalue weighted by molar-refractivity contribution is -0.578. The second-order valence-electron chi connectivity index (χ2n) is 18.0. The minimum atomic E-state index is -0.798. The van der Waals surface area contributed by atoms with Gasteiger partial charge in [-0.25, -0.2) is 19.6 Å². The van der Waals surface area contributed by atoms with Crippen LogP contribution in [0, 0.1) is 47.3 Å². The molecular weight excluding hydrogens is 630 g/mol. The second-order valence-corrected chi connectivity index (χ2v) is 18.0. The summed E-state index contributed by atoms with van der Waals surface area (Å²) in [5, 5.41) is 0. The quantitative estimate of drug-likeness (QED) is 0.282. The molecule has 278 valence electrons. The van der Waals surface area contributed by atoms with Crippen molar-refractivity contribution in [1.82, 2.24) is 4.90 Å². The van der Waals surface area contributed by atoms with Gasteiger partial charge in [0, 0.05) is 36.5 Å². The van der Waals surface area contributed by atoms with Crippen molar-refractivity contribution in [2.75, 3.05) is 26.3 Å². The summed E-state index contributed by atoms with van der Waals surface area (Å²) in [5.41, 5.74) is -1.18. The molecule has 0 aromatic carbocycles. The van der Waals surface area contributed by atoms with Gasteiger partial charge in [0.25, 0.3) is 0 Å². The molecule has 0 amide bonds.